The first-order valence-corrected chi connectivity index (χ1v) is 9.74. The number of Topliss-reactive ketones (excluding diaryl/α,β-unsaturated/α-hetero) is 1. The zero-order valence-electron chi connectivity index (χ0n) is 16.4. The molecule has 0 aliphatic carbocycles. The number of methoxy groups -OCH3 is 2. The smallest absolute Gasteiger partial charge is 0.300 e. The quantitative estimate of drug-likeness (QED) is 0.700. The van der Waals surface area contributed by atoms with Gasteiger partial charge in [-0.2, -0.15) is 0 Å². The molecule has 0 atom stereocenters. The zero-order valence-corrected chi connectivity index (χ0v) is 17.1. The third-order valence-electron chi connectivity index (χ3n) is 5.36. The van der Waals surface area contributed by atoms with Crippen molar-refractivity contribution in [2.45, 2.75) is 0 Å². The second kappa shape index (κ2) is 7.93. The second-order valence-corrected chi connectivity index (χ2v) is 7.45. The number of amides is 1. The molecule has 7 nitrogen and oxygen atoms in total. The lowest BCUT2D eigenvalue weighted by molar-refractivity contribution is -0.114. The molecule has 152 valence electrons. The van der Waals surface area contributed by atoms with Gasteiger partial charge < -0.3 is 14.4 Å². The van der Waals surface area contributed by atoms with Gasteiger partial charge in [-0.3, -0.25) is 19.4 Å². The molecule has 0 saturated carbocycles. The summed E-state index contributed by atoms with van der Waals surface area (Å²) in [5.41, 5.74) is 2.01. The molecule has 8 heteroatoms. The van der Waals surface area contributed by atoms with Crippen LogP contribution in [0, 0.1) is 0 Å². The number of carbonyl (C=O) groups excluding carboxylic acids is 2. The molecule has 0 radical (unpaired) electrons. The average molecular weight is 416 g/mol. The van der Waals surface area contributed by atoms with Crippen molar-refractivity contribution >= 4 is 34.7 Å². The highest BCUT2D eigenvalue weighted by atomic mass is 35.5. The number of hydrogen-bond donors (Lipinski definition) is 0. The van der Waals surface area contributed by atoms with E-state index in [2.05, 4.69) is 9.80 Å². The zero-order chi connectivity index (χ0) is 20.5. The van der Waals surface area contributed by atoms with Crippen LogP contribution in [0.1, 0.15) is 10.4 Å². The minimum atomic E-state index is -0.521. The molecular weight excluding hydrogens is 394 g/mol. The normalized spacial score (nSPS) is 16.9. The van der Waals surface area contributed by atoms with Crippen molar-refractivity contribution in [3.63, 3.8) is 0 Å². The van der Waals surface area contributed by atoms with Gasteiger partial charge in [-0.15, -0.1) is 0 Å². The summed E-state index contributed by atoms with van der Waals surface area (Å²) in [7, 11) is 3.03. The molecule has 4 rings (SSSR count). The van der Waals surface area contributed by atoms with Gasteiger partial charge in [0.2, 0.25) is 0 Å². The Kier molecular flexibility index (Phi) is 5.34. The predicted molar refractivity (Wildman–Crippen MR) is 111 cm³/mol. The highest BCUT2D eigenvalue weighted by Crippen LogP contribution is 2.39. The number of halogens is 1. The number of rotatable bonds is 5. The standard InChI is InChI=1S/C21H22ClN3O4/c1-28-18-11-16-17(12-19(18)29-2)25(21(27)20(16)26)13-23-6-8-24(9-7-23)15-5-3-4-14(22)10-15/h3-5,10-12H,6-9,13H2,1-2H3. The Morgan fingerprint density at radius 1 is 0.966 bits per heavy atom. The fourth-order valence-electron chi connectivity index (χ4n) is 3.78. The van der Waals surface area contributed by atoms with Gasteiger partial charge in [-0.1, -0.05) is 17.7 Å². The third-order valence-corrected chi connectivity index (χ3v) is 5.60. The fraction of sp³-hybridized carbons (Fsp3) is 0.333. The third kappa shape index (κ3) is 3.63. The van der Waals surface area contributed by atoms with Gasteiger partial charge in [0, 0.05) is 43.0 Å². The van der Waals surface area contributed by atoms with Gasteiger partial charge >= 0.3 is 5.91 Å². The van der Waals surface area contributed by atoms with E-state index in [4.69, 9.17) is 21.1 Å². The average Bonchev–Trinajstić information content (AvgIpc) is 2.97. The molecule has 2 aliphatic heterocycles. The number of ether oxygens (including phenoxy) is 2. The lowest BCUT2D eigenvalue weighted by Gasteiger charge is -2.37. The maximum Gasteiger partial charge on any atom is 0.300 e. The van der Waals surface area contributed by atoms with Gasteiger partial charge in [-0.05, 0) is 24.3 Å². The maximum atomic E-state index is 12.6. The number of piperazine rings is 1. The second-order valence-electron chi connectivity index (χ2n) is 7.01. The summed E-state index contributed by atoms with van der Waals surface area (Å²) in [5, 5.41) is 0.715. The van der Waals surface area contributed by atoms with Crippen molar-refractivity contribution in [3.8, 4) is 11.5 Å². The summed E-state index contributed by atoms with van der Waals surface area (Å²) >= 11 is 6.10. The predicted octanol–water partition coefficient (Wildman–Crippen LogP) is 2.67. The van der Waals surface area contributed by atoms with Crippen LogP contribution in [0.5, 0.6) is 11.5 Å². The first-order chi connectivity index (χ1) is 14.0. The molecule has 1 saturated heterocycles. The van der Waals surface area contributed by atoms with Crippen LogP contribution in [0.15, 0.2) is 36.4 Å². The van der Waals surface area contributed by atoms with E-state index in [-0.39, 0.29) is 0 Å². The van der Waals surface area contributed by atoms with Crippen LogP contribution >= 0.6 is 11.6 Å². The van der Waals surface area contributed by atoms with Crippen LogP contribution in [0.4, 0.5) is 11.4 Å². The molecule has 29 heavy (non-hydrogen) atoms. The largest absolute Gasteiger partial charge is 0.493 e. The fourth-order valence-corrected chi connectivity index (χ4v) is 3.97. The van der Waals surface area contributed by atoms with Crippen LogP contribution in [0.2, 0.25) is 5.02 Å². The van der Waals surface area contributed by atoms with Crippen molar-refractivity contribution in [2.75, 3.05) is 56.9 Å². The minimum Gasteiger partial charge on any atom is -0.493 e. The number of carbonyl (C=O) groups is 2. The van der Waals surface area contributed by atoms with Crippen LogP contribution in [-0.4, -0.2) is 63.7 Å². The van der Waals surface area contributed by atoms with E-state index in [9.17, 15) is 9.59 Å². The highest BCUT2D eigenvalue weighted by Gasteiger charge is 2.38. The molecule has 0 aromatic heterocycles. The van der Waals surface area contributed by atoms with Crippen molar-refractivity contribution in [1.82, 2.24) is 4.90 Å². The highest BCUT2D eigenvalue weighted by molar-refractivity contribution is 6.52. The Bertz CT molecular complexity index is 957. The topological polar surface area (TPSA) is 62.3 Å². The summed E-state index contributed by atoms with van der Waals surface area (Å²) in [6.45, 7) is 3.53. The summed E-state index contributed by atoms with van der Waals surface area (Å²) < 4.78 is 10.6. The number of benzene rings is 2. The molecule has 2 aliphatic rings. The van der Waals surface area contributed by atoms with Crippen molar-refractivity contribution in [3.05, 3.63) is 47.0 Å². The monoisotopic (exact) mass is 415 g/mol. The number of ketones is 1. The van der Waals surface area contributed by atoms with Gasteiger partial charge in [0.15, 0.2) is 11.5 Å². The first kappa shape index (κ1) is 19.5. The van der Waals surface area contributed by atoms with Crippen molar-refractivity contribution < 1.29 is 19.1 Å². The molecule has 0 spiro atoms. The van der Waals surface area contributed by atoms with E-state index < -0.39 is 11.7 Å². The summed E-state index contributed by atoms with van der Waals surface area (Å²) in [5.74, 6) is -0.111. The lowest BCUT2D eigenvalue weighted by Crippen LogP contribution is -2.51. The van der Waals surface area contributed by atoms with Crippen LogP contribution in [0.25, 0.3) is 0 Å². The van der Waals surface area contributed by atoms with E-state index in [0.29, 0.717) is 34.4 Å². The summed E-state index contributed by atoms with van der Waals surface area (Å²) in [6, 6.07) is 11.1. The van der Waals surface area contributed by atoms with Gasteiger partial charge in [0.25, 0.3) is 5.78 Å². The number of nitrogens with zero attached hydrogens (tertiary/aromatic N) is 3. The Labute approximate surface area is 174 Å². The van der Waals surface area contributed by atoms with Gasteiger partial charge in [0.1, 0.15) is 0 Å². The van der Waals surface area contributed by atoms with Crippen LogP contribution < -0.4 is 19.3 Å². The van der Waals surface area contributed by atoms with E-state index in [1.807, 2.05) is 24.3 Å². The summed E-state index contributed by atoms with van der Waals surface area (Å²) in [6.07, 6.45) is 0. The van der Waals surface area contributed by atoms with Gasteiger partial charge in [0.05, 0.1) is 32.1 Å². The molecule has 0 unspecified atom stereocenters. The first-order valence-electron chi connectivity index (χ1n) is 9.37. The Morgan fingerprint density at radius 2 is 1.66 bits per heavy atom. The van der Waals surface area contributed by atoms with Gasteiger partial charge in [-0.25, -0.2) is 0 Å². The van der Waals surface area contributed by atoms with E-state index >= 15 is 0 Å². The Hall–Kier alpha value is -2.77. The number of anilines is 2. The molecule has 2 aromatic rings. The van der Waals surface area contributed by atoms with Crippen LogP contribution in [0.3, 0.4) is 0 Å². The molecule has 2 aromatic carbocycles. The molecule has 0 N–H and O–H groups in total. The molecule has 0 bridgehead atoms. The van der Waals surface area contributed by atoms with E-state index in [0.717, 1.165) is 31.9 Å². The van der Waals surface area contributed by atoms with Crippen molar-refractivity contribution in [1.29, 1.82) is 0 Å². The number of fused-ring (bicyclic) bond motifs is 1. The van der Waals surface area contributed by atoms with E-state index in [1.54, 1.807) is 12.1 Å². The maximum absolute atomic E-state index is 12.6. The van der Waals surface area contributed by atoms with E-state index in [1.165, 1.54) is 19.1 Å². The van der Waals surface area contributed by atoms with Crippen molar-refractivity contribution in [2.24, 2.45) is 0 Å². The summed E-state index contributed by atoms with van der Waals surface area (Å²) in [4.78, 5) is 31.0. The Morgan fingerprint density at radius 3 is 2.31 bits per heavy atom. The molecular formula is C21H22ClN3O4. The van der Waals surface area contributed by atoms with Crippen LogP contribution in [-0.2, 0) is 4.79 Å². The molecule has 1 fully saturated rings. The molecule has 2 heterocycles. The lowest BCUT2D eigenvalue weighted by atomic mass is 10.1. The number of hydrogen-bond acceptors (Lipinski definition) is 6. The minimum absolute atomic E-state index is 0.352. The SMILES string of the molecule is COc1cc2c(cc1OC)N(CN1CCN(c3cccc(Cl)c3)CC1)C(=O)C2=O. The molecule has 1 amide bonds. The Balaban J connectivity index is 1.48.